The van der Waals surface area contributed by atoms with Crippen LogP contribution < -0.4 is 9.64 Å². The zero-order valence-corrected chi connectivity index (χ0v) is 14.9. The van der Waals surface area contributed by atoms with Crippen molar-refractivity contribution in [3.63, 3.8) is 0 Å². The number of nitro groups is 1. The smallest absolute Gasteiger partial charge is 0.338 e. The molecule has 28 heavy (non-hydrogen) atoms. The lowest BCUT2D eigenvalue weighted by molar-refractivity contribution is -0.385. The Morgan fingerprint density at radius 2 is 1.86 bits per heavy atom. The van der Waals surface area contributed by atoms with Crippen LogP contribution in [0.5, 0.6) is 5.75 Å². The summed E-state index contributed by atoms with van der Waals surface area (Å²) in [4.78, 5) is 47.5. The highest BCUT2D eigenvalue weighted by molar-refractivity contribution is 6.20. The van der Waals surface area contributed by atoms with E-state index in [0.717, 1.165) is 4.90 Å². The molecule has 9 nitrogen and oxygen atoms in total. The van der Waals surface area contributed by atoms with Crippen LogP contribution in [0.3, 0.4) is 0 Å². The van der Waals surface area contributed by atoms with Crippen molar-refractivity contribution in [3.05, 3.63) is 63.7 Å². The molecule has 1 saturated heterocycles. The van der Waals surface area contributed by atoms with Gasteiger partial charge in [-0.3, -0.25) is 24.6 Å². The van der Waals surface area contributed by atoms with E-state index in [-0.39, 0.29) is 42.5 Å². The molecular weight excluding hydrogens is 368 g/mol. The van der Waals surface area contributed by atoms with Crippen molar-refractivity contribution in [1.82, 2.24) is 0 Å². The lowest BCUT2D eigenvalue weighted by Crippen LogP contribution is -2.28. The monoisotopic (exact) mass is 384 g/mol. The molecule has 1 fully saturated rings. The Hall–Kier alpha value is -3.75. The van der Waals surface area contributed by atoms with Crippen LogP contribution in [-0.4, -0.2) is 29.8 Å². The molecule has 2 amide bonds. The number of hydrogen-bond donors (Lipinski definition) is 0. The van der Waals surface area contributed by atoms with Gasteiger partial charge in [-0.05, 0) is 24.3 Å². The lowest BCUT2D eigenvalue weighted by atomic mass is 10.1. The van der Waals surface area contributed by atoms with E-state index in [9.17, 15) is 24.5 Å². The molecule has 0 unspecified atom stereocenters. The summed E-state index contributed by atoms with van der Waals surface area (Å²) in [5.74, 6) is -0.997. The van der Waals surface area contributed by atoms with Gasteiger partial charge in [-0.1, -0.05) is 6.07 Å². The molecule has 0 saturated carbocycles. The fourth-order valence-electron chi connectivity index (χ4n) is 2.85. The predicted octanol–water partition coefficient (Wildman–Crippen LogP) is 2.61. The molecule has 1 aliphatic heterocycles. The number of imide groups is 1. The minimum absolute atomic E-state index is 0.139. The number of non-ortho nitro benzene ring substituents is 1. The predicted molar refractivity (Wildman–Crippen MR) is 96.9 cm³/mol. The van der Waals surface area contributed by atoms with Crippen LogP contribution in [0, 0.1) is 10.1 Å². The number of esters is 1. The van der Waals surface area contributed by atoms with Crippen molar-refractivity contribution in [2.45, 2.75) is 19.4 Å². The standard InChI is InChI=1S/C19H16N2O7/c1-27-16-6-5-15(21(25)26)10-13(16)11-28-19(24)12-3-2-4-14(9-12)20-17(22)7-8-18(20)23/h2-6,9-10H,7-8,11H2,1H3. The van der Waals surface area contributed by atoms with Gasteiger partial charge >= 0.3 is 5.97 Å². The maximum absolute atomic E-state index is 12.4. The van der Waals surface area contributed by atoms with E-state index in [1.807, 2.05) is 0 Å². The van der Waals surface area contributed by atoms with Gasteiger partial charge < -0.3 is 9.47 Å². The highest BCUT2D eigenvalue weighted by Crippen LogP contribution is 2.26. The Morgan fingerprint density at radius 1 is 1.14 bits per heavy atom. The average molecular weight is 384 g/mol. The van der Waals surface area contributed by atoms with Crippen molar-refractivity contribution in [3.8, 4) is 5.75 Å². The second kappa shape index (κ2) is 7.87. The number of carbonyl (C=O) groups excluding carboxylic acids is 3. The fourth-order valence-corrected chi connectivity index (χ4v) is 2.85. The van der Waals surface area contributed by atoms with Gasteiger partial charge in [-0.2, -0.15) is 0 Å². The summed E-state index contributed by atoms with van der Waals surface area (Å²) in [6.07, 6.45) is 0.278. The SMILES string of the molecule is COc1ccc([N+](=O)[O-])cc1COC(=O)c1cccc(N2C(=O)CCC2=O)c1. The van der Waals surface area contributed by atoms with Crippen LogP contribution in [0.15, 0.2) is 42.5 Å². The van der Waals surface area contributed by atoms with Gasteiger partial charge in [0, 0.05) is 30.5 Å². The number of amides is 2. The van der Waals surface area contributed by atoms with Gasteiger partial charge in [-0.25, -0.2) is 4.79 Å². The van der Waals surface area contributed by atoms with E-state index in [1.54, 1.807) is 12.1 Å². The third-order valence-electron chi connectivity index (χ3n) is 4.23. The largest absolute Gasteiger partial charge is 0.496 e. The topological polar surface area (TPSA) is 116 Å². The Bertz CT molecular complexity index is 955. The van der Waals surface area contributed by atoms with Crippen LogP contribution in [0.4, 0.5) is 11.4 Å². The number of benzene rings is 2. The van der Waals surface area contributed by atoms with Crippen molar-refractivity contribution in [2.75, 3.05) is 12.0 Å². The van der Waals surface area contributed by atoms with E-state index in [4.69, 9.17) is 9.47 Å². The second-order valence-electron chi connectivity index (χ2n) is 6.00. The summed E-state index contributed by atoms with van der Waals surface area (Å²) in [6.45, 7) is -0.241. The van der Waals surface area contributed by atoms with Crippen LogP contribution in [0.2, 0.25) is 0 Å². The second-order valence-corrected chi connectivity index (χ2v) is 6.00. The van der Waals surface area contributed by atoms with E-state index in [1.165, 1.54) is 37.4 Å². The number of carbonyl (C=O) groups is 3. The molecule has 144 valence electrons. The first kappa shape index (κ1) is 19.0. The molecule has 0 atom stereocenters. The van der Waals surface area contributed by atoms with Crippen molar-refractivity contribution >= 4 is 29.2 Å². The van der Waals surface area contributed by atoms with E-state index < -0.39 is 10.9 Å². The summed E-state index contributed by atoms with van der Waals surface area (Å²) >= 11 is 0. The number of methoxy groups -OCH3 is 1. The third-order valence-corrected chi connectivity index (χ3v) is 4.23. The lowest BCUT2D eigenvalue weighted by Gasteiger charge is -2.15. The normalized spacial score (nSPS) is 13.5. The molecule has 0 aromatic heterocycles. The molecule has 0 N–H and O–H groups in total. The van der Waals surface area contributed by atoms with Crippen LogP contribution in [0.1, 0.15) is 28.8 Å². The zero-order chi connectivity index (χ0) is 20.3. The molecule has 0 bridgehead atoms. The van der Waals surface area contributed by atoms with Gasteiger partial charge in [0.1, 0.15) is 12.4 Å². The summed E-state index contributed by atoms with van der Waals surface area (Å²) < 4.78 is 10.4. The first-order valence-electron chi connectivity index (χ1n) is 8.35. The Morgan fingerprint density at radius 3 is 2.50 bits per heavy atom. The molecule has 9 heteroatoms. The number of ether oxygens (including phenoxy) is 2. The third kappa shape index (κ3) is 3.83. The Labute approximate surface area is 159 Å². The number of nitro benzene ring substituents is 1. The quantitative estimate of drug-likeness (QED) is 0.325. The van der Waals surface area contributed by atoms with Gasteiger partial charge in [0.2, 0.25) is 11.8 Å². The Balaban J connectivity index is 1.76. The maximum atomic E-state index is 12.4. The molecule has 1 aliphatic rings. The first-order chi connectivity index (χ1) is 13.4. The van der Waals surface area contributed by atoms with E-state index in [2.05, 4.69) is 0 Å². The highest BCUT2D eigenvalue weighted by atomic mass is 16.6. The molecule has 2 aromatic rings. The molecule has 0 aliphatic carbocycles. The van der Waals surface area contributed by atoms with E-state index >= 15 is 0 Å². The zero-order valence-electron chi connectivity index (χ0n) is 14.9. The Kier molecular flexibility index (Phi) is 5.35. The molecule has 2 aromatic carbocycles. The van der Waals surface area contributed by atoms with Crippen LogP contribution >= 0.6 is 0 Å². The minimum Gasteiger partial charge on any atom is -0.496 e. The van der Waals surface area contributed by atoms with E-state index in [0.29, 0.717) is 17.0 Å². The summed E-state index contributed by atoms with van der Waals surface area (Å²) in [5.41, 5.74) is 0.635. The van der Waals surface area contributed by atoms with Gasteiger partial charge in [-0.15, -0.1) is 0 Å². The summed E-state index contributed by atoms with van der Waals surface area (Å²) in [6, 6.07) is 9.96. The number of nitrogens with zero attached hydrogens (tertiary/aromatic N) is 2. The first-order valence-corrected chi connectivity index (χ1v) is 8.35. The number of anilines is 1. The van der Waals surface area contributed by atoms with Crippen LogP contribution in [-0.2, 0) is 20.9 Å². The summed E-state index contributed by atoms with van der Waals surface area (Å²) in [7, 11) is 1.40. The fraction of sp³-hybridized carbons (Fsp3) is 0.211. The molecule has 1 heterocycles. The van der Waals surface area contributed by atoms with Gasteiger partial charge in [0.05, 0.1) is 23.3 Å². The average Bonchev–Trinajstić information content (AvgIpc) is 3.04. The number of rotatable bonds is 6. The summed E-state index contributed by atoms with van der Waals surface area (Å²) in [5, 5.41) is 10.9. The van der Waals surface area contributed by atoms with Crippen molar-refractivity contribution < 1.29 is 28.8 Å². The molecule has 0 radical (unpaired) electrons. The van der Waals surface area contributed by atoms with Gasteiger partial charge in [0.15, 0.2) is 0 Å². The minimum atomic E-state index is -0.700. The van der Waals surface area contributed by atoms with Crippen molar-refractivity contribution in [1.29, 1.82) is 0 Å². The van der Waals surface area contributed by atoms with Crippen molar-refractivity contribution in [2.24, 2.45) is 0 Å². The van der Waals surface area contributed by atoms with Crippen LogP contribution in [0.25, 0.3) is 0 Å². The molecular formula is C19H16N2O7. The van der Waals surface area contributed by atoms with Gasteiger partial charge in [0.25, 0.3) is 5.69 Å². The molecule has 3 rings (SSSR count). The maximum Gasteiger partial charge on any atom is 0.338 e. The number of hydrogen-bond acceptors (Lipinski definition) is 7. The molecule has 0 spiro atoms. The highest BCUT2D eigenvalue weighted by Gasteiger charge is 2.30.